The van der Waals surface area contributed by atoms with E-state index in [1.165, 1.54) is 6.07 Å². The number of halogens is 1. The van der Waals surface area contributed by atoms with Crippen molar-refractivity contribution >= 4 is 11.9 Å². The van der Waals surface area contributed by atoms with Gasteiger partial charge in [-0.05, 0) is 66.8 Å². The summed E-state index contributed by atoms with van der Waals surface area (Å²) in [6.45, 7) is 3.23. The van der Waals surface area contributed by atoms with Crippen molar-refractivity contribution in [3.63, 3.8) is 0 Å². The second-order valence-electron chi connectivity index (χ2n) is 8.10. The van der Waals surface area contributed by atoms with Gasteiger partial charge in [0.15, 0.2) is 5.84 Å². The molecular weight excluding hydrogens is 407 g/mol. The zero-order valence-corrected chi connectivity index (χ0v) is 18.2. The summed E-state index contributed by atoms with van der Waals surface area (Å²) in [5.41, 5.74) is 4.91. The lowest BCUT2D eigenvalue weighted by Crippen LogP contribution is -2.44. The van der Waals surface area contributed by atoms with Crippen molar-refractivity contribution in [1.29, 1.82) is 0 Å². The first kappa shape index (κ1) is 20.3. The highest BCUT2D eigenvalue weighted by Crippen LogP contribution is 2.34. The number of hydrogen-bond acceptors (Lipinski definition) is 5. The van der Waals surface area contributed by atoms with Gasteiger partial charge in [0, 0.05) is 12.7 Å². The number of hydrogen-bond donors (Lipinski definition) is 0. The van der Waals surface area contributed by atoms with Crippen LogP contribution in [0.25, 0.3) is 11.8 Å². The normalized spacial score (nSPS) is 19.3. The molecule has 1 aromatic heterocycles. The number of benzene rings is 2. The molecule has 0 radical (unpaired) electrons. The summed E-state index contributed by atoms with van der Waals surface area (Å²) in [6, 6.07) is 12.8. The van der Waals surface area contributed by atoms with Crippen LogP contribution in [0.5, 0.6) is 5.75 Å². The molecule has 6 nitrogen and oxygen atoms in total. The smallest absolute Gasteiger partial charge is 0.172 e. The predicted octanol–water partition coefficient (Wildman–Crippen LogP) is 4.89. The van der Waals surface area contributed by atoms with Gasteiger partial charge in [0.2, 0.25) is 0 Å². The average Bonchev–Trinajstić information content (AvgIpc) is 3.25. The third-order valence-corrected chi connectivity index (χ3v) is 5.93. The summed E-state index contributed by atoms with van der Waals surface area (Å²) >= 11 is 0. The van der Waals surface area contributed by atoms with Crippen LogP contribution in [0.2, 0.25) is 0 Å². The van der Waals surface area contributed by atoms with Crippen molar-refractivity contribution in [2.45, 2.75) is 25.8 Å². The SMILES string of the molecule is COc1cc(C=C2CCCN3C2=NOC[C@@H]3c2cccc(F)c2)ccc1-n1cnc(C)c1. The van der Waals surface area contributed by atoms with E-state index in [1.807, 2.05) is 35.9 Å². The quantitative estimate of drug-likeness (QED) is 0.589. The Hall–Kier alpha value is -3.61. The minimum atomic E-state index is -0.236. The molecule has 32 heavy (non-hydrogen) atoms. The number of nitrogens with zero attached hydrogens (tertiary/aromatic N) is 4. The van der Waals surface area contributed by atoms with Crippen LogP contribution in [0.3, 0.4) is 0 Å². The van der Waals surface area contributed by atoms with Crippen molar-refractivity contribution in [1.82, 2.24) is 14.5 Å². The van der Waals surface area contributed by atoms with Gasteiger partial charge in [-0.3, -0.25) is 0 Å². The zero-order chi connectivity index (χ0) is 22.1. The first-order chi connectivity index (χ1) is 15.6. The summed E-state index contributed by atoms with van der Waals surface area (Å²) in [5.74, 6) is 1.36. The summed E-state index contributed by atoms with van der Waals surface area (Å²) < 4.78 is 21.4. The van der Waals surface area contributed by atoms with E-state index in [4.69, 9.17) is 9.57 Å². The maximum absolute atomic E-state index is 13.8. The molecule has 3 aromatic rings. The third-order valence-electron chi connectivity index (χ3n) is 5.93. The standard InChI is InChI=1S/C25H25FN4O2/c1-17-14-29(16-27-17)22-9-8-18(12-24(22)31-2)11-20-6-4-10-30-23(15-32-28-25(20)30)19-5-3-7-21(26)13-19/h3,5,7-9,11-14,16,23H,4,6,10,15H2,1-2H3/t23-/m1/s1. The number of methoxy groups -OCH3 is 1. The fraction of sp³-hybridized carbons (Fsp3) is 0.280. The summed E-state index contributed by atoms with van der Waals surface area (Å²) in [6.07, 6.45) is 7.79. The van der Waals surface area contributed by atoms with Crippen LogP contribution in [-0.4, -0.2) is 40.5 Å². The number of ether oxygens (including phenoxy) is 1. The Morgan fingerprint density at radius 3 is 2.91 bits per heavy atom. The average molecular weight is 432 g/mol. The van der Waals surface area contributed by atoms with Gasteiger partial charge in [-0.15, -0.1) is 0 Å². The second kappa shape index (κ2) is 8.49. The fourth-order valence-electron chi connectivity index (χ4n) is 4.39. The maximum atomic E-state index is 13.8. The highest BCUT2D eigenvalue weighted by atomic mass is 19.1. The van der Waals surface area contributed by atoms with Gasteiger partial charge in [-0.1, -0.05) is 23.4 Å². The molecule has 2 aliphatic rings. The monoisotopic (exact) mass is 432 g/mol. The van der Waals surface area contributed by atoms with Gasteiger partial charge in [0.25, 0.3) is 0 Å². The lowest BCUT2D eigenvalue weighted by Gasteiger charge is -2.40. The van der Waals surface area contributed by atoms with Crippen LogP contribution in [0.4, 0.5) is 4.39 Å². The molecule has 1 saturated heterocycles. The van der Waals surface area contributed by atoms with Crippen molar-refractivity contribution in [2.24, 2.45) is 5.16 Å². The number of oxime groups is 1. The molecule has 3 heterocycles. The van der Waals surface area contributed by atoms with Crippen molar-refractivity contribution < 1.29 is 14.0 Å². The summed E-state index contributed by atoms with van der Waals surface area (Å²) in [7, 11) is 1.67. The van der Waals surface area contributed by atoms with E-state index in [-0.39, 0.29) is 11.9 Å². The Labute approximate surface area is 186 Å². The van der Waals surface area contributed by atoms with E-state index in [2.05, 4.69) is 27.2 Å². The second-order valence-corrected chi connectivity index (χ2v) is 8.10. The topological polar surface area (TPSA) is 51.9 Å². The lowest BCUT2D eigenvalue weighted by molar-refractivity contribution is 0.0574. The molecule has 0 aliphatic carbocycles. The van der Waals surface area contributed by atoms with Crippen molar-refractivity contribution in [3.8, 4) is 11.4 Å². The molecule has 0 bridgehead atoms. The summed E-state index contributed by atoms with van der Waals surface area (Å²) in [5, 5.41) is 4.37. The van der Waals surface area contributed by atoms with Gasteiger partial charge >= 0.3 is 0 Å². The molecule has 5 rings (SSSR count). The van der Waals surface area contributed by atoms with E-state index in [1.54, 1.807) is 25.6 Å². The molecule has 0 spiro atoms. The van der Waals surface area contributed by atoms with E-state index in [9.17, 15) is 4.39 Å². The van der Waals surface area contributed by atoms with Gasteiger partial charge in [-0.2, -0.15) is 0 Å². The van der Waals surface area contributed by atoms with Gasteiger partial charge in [0.05, 0.1) is 30.9 Å². The molecule has 2 aromatic carbocycles. The van der Waals surface area contributed by atoms with Gasteiger partial charge in [0.1, 0.15) is 18.2 Å². The third kappa shape index (κ3) is 3.86. The highest BCUT2D eigenvalue weighted by molar-refractivity contribution is 6.03. The Bertz CT molecular complexity index is 1200. The zero-order valence-electron chi connectivity index (χ0n) is 18.2. The molecule has 7 heteroatoms. The molecule has 0 N–H and O–H groups in total. The number of imidazole rings is 1. The summed E-state index contributed by atoms with van der Waals surface area (Å²) in [4.78, 5) is 12.1. The van der Waals surface area contributed by atoms with Crippen LogP contribution in [0, 0.1) is 12.7 Å². The number of fused-ring (bicyclic) bond motifs is 1. The van der Waals surface area contributed by atoms with Crippen LogP contribution >= 0.6 is 0 Å². The Balaban J connectivity index is 1.46. The number of amidine groups is 1. The van der Waals surface area contributed by atoms with E-state index in [0.29, 0.717) is 6.61 Å². The number of rotatable bonds is 4. The lowest BCUT2D eigenvalue weighted by atomic mass is 9.96. The predicted molar refractivity (Wildman–Crippen MR) is 121 cm³/mol. The van der Waals surface area contributed by atoms with Crippen LogP contribution in [-0.2, 0) is 4.84 Å². The number of aryl methyl sites for hydroxylation is 1. The molecular formula is C25H25FN4O2. The number of aromatic nitrogens is 2. The molecule has 2 aliphatic heterocycles. The molecule has 164 valence electrons. The van der Waals surface area contributed by atoms with Crippen molar-refractivity contribution in [2.75, 3.05) is 20.3 Å². The van der Waals surface area contributed by atoms with E-state index in [0.717, 1.165) is 59.1 Å². The Morgan fingerprint density at radius 1 is 1.22 bits per heavy atom. The van der Waals surface area contributed by atoms with E-state index >= 15 is 0 Å². The minimum absolute atomic E-state index is 0.0525. The van der Waals surface area contributed by atoms with Crippen LogP contribution in [0.15, 0.2) is 65.7 Å². The molecule has 1 atom stereocenters. The minimum Gasteiger partial charge on any atom is -0.495 e. The Morgan fingerprint density at radius 2 is 2.12 bits per heavy atom. The highest BCUT2D eigenvalue weighted by Gasteiger charge is 2.33. The molecule has 0 saturated carbocycles. The molecule has 0 amide bonds. The fourth-order valence-corrected chi connectivity index (χ4v) is 4.39. The first-order valence-electron chi connectivity index (χ1n) is 10.7. The largest absolute Gasteiger partial charge is 0.495 e. The Kier molecular flexibility index (Phi) is 5.39. The van der Waals surface area contributed by atoms with Crippen LogP contribution < -0.4 is 4.74 Å². The first-order valence-corrected chi connectivity index (χ1v) is 10.7. The molecule has 0 unspecified atom stereocenters. The van der Waals surface area contributed by atoms with Crippen molar-refractivity contribution in [3.05, 3.63) is 83.2 Å². The maximum Gasteiger partial charge on any atom is 0.172 e. The van der Waals surface area contributed by atoms with Gasteiger partial charge < -0.3 is 19.0 Å². The van der Waals surface area contributed by atoms with Crippen LogP contribution in [0.1, 0.15) is 35.7 Å². The molecule has 1 fully saturated rings. The van der Waals surface area contributed by atoms with Gasteiger partial charge in [-0.25, -0.2) is 9.37 Å². The number of piperidine rings is 1. The van der Waals surface area contributed by atoms with E-state index < -0.39 is 0 Å².